The molecule has 2 atom stereocenters. The van der Waals surface area contributed by atoms with E-state index in [2.05, 4.69) is 25.7 Å². The van der Waals surface area contributed by atoms with Crippen LogP contribution in [-0.4, -0.2) is 77.3 Å². The number of aliphatic imine (C=N–C) groups is 2. The summed E-state index contributed by atoms with van der Waals surface area (Å²) in [4.78, 5) is 37.0. The van der Waals surface area contributed by atoms with Crippen molar-refractivity contribution in [2.75, 3.05) is 36.9 Å². The Bertz CT molecular complexity index is 1340. The fraction of sp³-hybridized carbons (Fsp3) is 0.393. The molecule has 2 aromatic rings. The van der Waals surface area contributed by atoms with E-state index in [1.165, 1.54) is 24.4 Å². The summed E-state index contributed by atoms with van der Waals surface area (Å²) in [5, 5.41) is 9.62. The molecule has 1 aromatic heterocycles. The highest BCUT2D eigenvalue weighted by Gasteiger charge is 2.20. The summed E-state index contributed by atoms with van der Waals surface area (Å²) in [7, 11) is 1.83. The maximum atomic E-state index is 14.7. The van der Waals surface area contributed by atoms with Gasteiger partial charge in [0.05, 0.1) is 48.5 Å². The quantitative estimate of drug-likeness (QED) is 0.564. The molecule has 2 aliphatic rings. The molecule has 206 valence electrons. The minimum atomic E-state index is -0.623. The van der Waals surface area contributed by atoms with E-state index in [4.69, 9.17) is 4.74 Å². The Balaban J connectivity index is 1.49. The van der Waals surface area contributed by atoms with Crippen LogP contribution < -0.4 is 10.6 Å². The number of allylic oxidation sites excluding steroid dienone is 1. The zero-order chi connectivity index (χ0) is 27.9. The third-order valence-electron chi connectivity index (χ3n) is 6.42. The number of halogens is 1. The Morgan fingerprint density at radius 2 is 2.05 bits per heavy atom. The van der Waals surface area contributed by atoms with E-state index in [9.17, 15) is 14.0 Å². The molecule has 2 unspecified atom stereocenters. The van der Waals surface area contributed by atoms with Gasteiger partial charge in [-0.3, -0.25) is 29.2 Å². The molecule has 2 aliphatic heterocycles. The number of ether oxygens (including phenoxy) is 1. The molecule has 0 saturated carbocycles. The predicted molar refractivity (Wildman–Crippen MR) is 150 cm³/mol. The third kappa shape index (κ3) is 7.55. The molecule has 1 fully saturated rings. The minimum absolute atomic E-state index is 0.0514. The van der Waals surface area contributed by atoms with E-state index >= 15 is 0 Å². The first kappa shape index (κ1) is 28.1. The Hall–Kier alpha value is -3.96. The Morgan fingerprint density at radius 1 is 1.23 bits per heavy atom. The van der Waals surface area contributed by atoms with Crippen LogP contribution in [0.2, 0.25) is 0 Å². The van der Waals surface area contributed by atoms with Crippen LogP contribution in [0.25, 0.3) is 5.70 Å². The Labute approximate surface area is 227 Å². The average molecular weight is 536 g/mol. The van der Waals surface area contributed by atoms with Crippen molar-refractivity contribution < 1.29 is 18.7 Å². The van der Waals surface area contributed by atoms with Gasteiger partial charge in [-0.2, -0.15) is 5.10 Å². The number of hydrogen-bond donors (Lipinski definition) is 2. The molecule has 1 aromatic carbocycles. The minimum Gasteiger partial charge on any atom is -0.376 e. The number of nitrogens with one attached hydrogen (secondary N) is 2. The summed E-state index contributed by atoms with van der Waals surface area (Å²) in [5.41, 5.74) is 2.69. The smallest absolute Gasteiger partial charge is 0.257 e. The maximum Gasteiger partial charge on any atom is 0.257 e. The lowest BCUT2D eigenvalue weighted by molar-refractivity contribution is -0.119. The zero-order valence-corrected chi connectivity index (χ0v) is 22.6. The number of aromatic nitrogens is 2. The molecular formula is C28H34FN7O3. The van der Waals surface area contributed by atoms with E-state index in [0.29, 0.717) is 43.1 Å². The lowest BCUT2D eigenvalue weighted by Crippen LogP contribution is -2.44. The fourth-order valence-electron chi connectivity index (χ4n) is 4.29. The normalized spacial score (nSPS) is 24.2. The van der Waals surface area contributed by atoms with Crippen LogP contribution in [0.15, 0.2) is 57.8 Å². The molecule has 11 heteroatoms. The fourth-order valence-corrected chi connectivity index (χ4v) is 4.29. The Morgan fingerprint density at radius 3 is 2.77 bits per heavy atom. The zero-order valence-electron chi connectivity index (χ0n) is 22.6. The van der Waals surface area contributed by atoms with Gasteiger partial charge in [-0.1, -0.05) is 6.92 Å². The van der Waals surface area contributed by atoms with Gasteiger partial charge >= 0.3 is 0 Å². The molecule has 2 amide bonds. The molecule has 3 heterocycles. The van der Waals surface area contributed by atoms with Crippen LogP contribution in [-0.2, 0) is 21.4 Å². The van der Waals surface area contributed by atoms with Gasteiger partial charge < -0.3 is 15.4 Å². The number of carbonyl (C=O) groups is 2. The first-order chi connectivity index (χ1) is 18.7. The summed E-state index contributed by atoms with van der Waals surface area (Å²) < 4.78 is 21.9. The predicted octanol–water partition coefficient (Wildman–Crippen LogP) is 3.45. The van der Waals surface area contributed by atoms with Crippen LogP contribution in [0, 0.1) is 5.82 Å². The third-order valence-corrected chi connectivity index (χ3v) is 6.42. The van der Waals surface area contributed by atoms with Crippen molar-refractivity contribution in [1.29, 1.82) is 0 Å². The molecule has 0 spiro atoms. The van der Waals surface area contributed by atoms with Crippen molar-refractivity contribution in [3.63, 3.8) is 0 Å². The van der Waals surface area contributed by atoms with Gasteiger partial charge in [0.1, 0.15) is 5.82 Å². The van der Waals surface area contributed by atoms with Gasteiger partial charge in [-0.05, 0) is 50.1 Å². The lowest BCUT2D eigenvalue weighted by atomic mass is 10.1. The van der Waals surface area contributed by atoms with Gasteiger partial charge in [-0.15, -0.1) is 0 Å². The number of hydrogen-bond acceptors (Lipinski definition) is 7. The molecule has 10 nitrogen and oxygen atoms in total. The number of aryl methyl sites for hydroxylation is 1. The molecule has 4 rings (SSSR count). The second-order valence-corrected chi connectivity index (χ2v) is 9.68. The summed E-state index contributed by atoms with van der Waals surface area (Å²) in [6, 6.07) is 3.86. The van der Waals surface area contributed by atoms with E-state index in [-0.39, 0.29) is 35.9 Å². The first-order valence-corrected chi connectivity index (χ1v) is 13.0. The molecular weight excluding hydrogens is 501 g/mol. The highest BCUT2D eigenvalue weighted by molar-refractivity contribution is 6.21. The second-order valence-electron chi connectivity index (χ2n) is 9.68. The number of nitrogens with zero attached hydrogens (tertiary/aromatic N) is 5. The highest BCUT2D eigenvalue weighted by atomic mass is 19.1. The number of amides is 2. The van der Waals surface area contributed by atoms with Crippen LogP contribution in [0.4, 0.5) is 15.8 Å². The van der Waals surface area contributed by atoms with E-state index < -0.39 is 11.7 Å². The number of benzene rings is 1. The molecule has 39 heavy (non-hydrogen) atoms. The summed E-state index contributed by atoms with van der Waals surface area (Å²) in [6.07, 6.45) is 9.37. The SMILES string of the molecule is CCC1\C=C(c2cnn(C)c2)/N=C\C(C)=C(/C(=O)Nc2cc(NC(=O)CN3CCOC(C)C3)ccc2F)C=N1. The topological polar surface area (TPSA) is 113 Å². The van der Waals surface area contributed by atoms with Crippen molar-refractivity contribution in [2.24, 2.45) is 17.0 Å². The first-order valence-electron chi connectivity index (χ1n) is 13.0. The number of carbonyl (C=O) groups excluding carboxylic acids is 2. The number of anilines is 2. The molecule has 0 aliphatic carbocycles. The van der Waals surface area contributed by atoms with Gasteiger partial charge in [-0.25, -0.2) is 4.39 Å². The van der Waals surface area contributed by atoms with Crippen molar-refractivity contribution in [2.45, 2.75) is 39.3 Å². The standard InChI is InChI=1S/C28H34FN7O3/c1-5-21-10-25(20-13-32-35(4)16-20)31-12-18(2)23(14-30-21)28(38)34-26-11-22(6-7-24(26)29)33-27(37)17-36-8-9-39-19(3)15-36/h6-7,10-14,16,19,21H,5,8-9,15,17H2,1-4H3,(H,33,37)(H,34,38)/b23-18-,25-10-,30-14?,31-12-. The summed E-state index contributed by atoms with van der Waals surface area (Å²) in [6.45, 7) is 7.80. The van der Waals surface area contributed by atoms with Crippen LogP contribution in [0.5, 0.6) is 0 Å². The summed E-state index contributed by atoms with van der Waals surface area (Å²) in [5.74, 6) is -1.39. The lowest BCUT2D eigenvalue weighted by Gasteiger charge is -2.30. The van der Waals surface area contributed by atoms with Crippen molar-refractivity contribution >= 4 is 41.3 Å². The highest BCUT2D eigenvalue weighted by Crippen LogP contribution is 2.23. The average Bonchev–Trinajstić information content (AvgIpc) is 3.35. The molecule has 1 saturated heterocycles. The summed E-state index contributed by atoms with van der Waals surface area (Å²) >= 11 is 0. The van der Waals surface area contributed by atoms with Gasteiger partial charge in [0.2, 0.25) is 5.91 Å². The van der Waals surface area contributed by atoms with Gasteiger partial charge in [0.15, 0.2) is 0 Å². The second kappa shape index (κ2) is 12.7. The van der Waals surface area contributed by atoms with Crippen molar-refractivity contribution in [1.82, 2.24) is 14.7 Å². The Kier molecular flexibility index (Phi) is 9.15. The monoisotopic (exact) mass is 535 g/mol. The number of morpholine rings is 1. The van der Waals surface area contributed by atoms with Crippen molar-refractivity contribution in [3.8, 4) is 0 Å². The van der Waals surface area contributed by atoms with Crippen LogP contribution in [0.3, 0.4) is 0 Å². The van der Waals surface area contributed by atoms with Crippen LogP contribution in [0.1, 0.15) is 32.8 Å². The molecule has 2 N–H and O–H groups in total. The van der Waals surface area contributed by atoms with Crippen LogP contribution >= 0.6 is 0 Å². The molecule has 0 radical (unpaired) electrons. The molecule has 0 bridgehead atoms. The van der Waals surface area contributed by atoms with E-state index in [0.717, 1.165) is 5.56 Å². The number of rotatable bonds is 7. The maximum absolute atomic E-state index is 14.7. The van der Waals surface area contributed by atoms with Gasteiger partial charge in [0.25, 0.3) is 5.91 Å². The van der Waals surface area contributed by atoms with E-state index in [1.807, 2.05) is 38.1 Å². The largest absolute Gasteiger partial charge is 0.376 e. The van der Waals surface area contributed by atoms with Crippen molar-refractivity contribution in [3.05, 3.63) is 59.2 Å². The van der Waals surface area contributed by atoms with Gasteiger partial charge in [0, 0.05) is 50.0 Å². The van der Waals surface area contributed by atoms with E-state index in [1.54, 1.807) is 24.0 Å².